The van der Waals surface area contributed by atoms with Crippen molar-refractivity contribution >= 4 is 28.1 Å². The number of hydrogen-bond donors (Lipinski definition) is 2. The zero-order chi connectivity index (χ0) is 14.9. The molecular weight excluding hydrogens is 272 g/mol. The van der Waals surface area contributed by atoms with Gasteiger partial charge in [0.05, 0.1) is 11.4 Å². The Morgan fingerprint density at radius 2 is 1.55 bits per heavy atom. The van der Waals surface area contributed by atoms with Crippen LogP contribution in [0.5, 0.6) is 0 Å². The van der Waals surface area contributed by atoms with Gasteiger partial charge in [0, 0.05) is 6.42 Å². The SMILES string of the molecule is O=C1Nc2ccccc2N[C@H]1Cc1cccc2ccccc12. The Morgan fingerprint density at radius 3 is 2.45 bits per heavy atom. The van der Waals surface area contributed by atoms with Crippen LogP contribution in [0.2, 0.25) is 0 Å². The molecule has 4 rings (SSSR count). The van der Waals surface area contributed by atoms with E-state index in [0.29, 0.717) is 6.42 Å². The van der Waals surface area contributed by atoms with Crippen molar-refractivity contribution < 1.29 is 4.79 Å². The Balaban J connectivity index is 1.67. The highest BCUT2D eigenvalue weighted by molar-refractivity contribution is 6.03. The van der Waals surface area contributed by atoms with Crippen LogP contribution < -0.4 is 10.6 Å². The maximum Gasteiger partial charge on any atom is 0.247 e. The molecule has 0 unspecified atom stereocenters. The molecule has 0 radical (unpaired) electrons. The Hall–Kier alpha value is -2.81. The van der Waals surface area contributed by atoms with Crippen molar-refractivity contribution in [2.24, 2.45) is 0 Å². The van der Waals surface area contributed by atoms with E-state index in [1.165, 1.54) is 16.3 Å². The first-order valence-electron chi connectivity index (χ1n) is 7.44. The minimum absolute atomic E-state index is 0.0200. The molecular formula is C19H16N2O. The van der Waals surface area contributed by atoms with Crippen molar-refractivity contribution in [3.8, 4) is 0 Å². The minimum Gasteiger partial charge on any atom is -0.372 e. The molecule has 0 bridgehead atoms. The molecule has 3 aromatic rings. The predicted octanol–water partition coefficient (Wildman–Crippen LogP) is 3.82. The summed E-state index contributed by atoms with van der Waals surface area (Å²) in [6, 6.07) is 22.1. The number of fused-ring (bicyclic) bond motifs is 2. The van der Waals surface area contributed by atoms with Gasteiger partial charge in [0.1, 0.15) is 6.04 Å². The van der Waals surface area contributed by atoms with Crippen molar-refractivity contribution in [1.29, 1.82) is 0 Å². The molecule has 1 aliphatic heterocycles. The van der Waals surface area contributed by atoms with Crippen LogP contribution in [0.3, 0.4) is 0 Å². The summed E-state index contributed by atoms with van der Waals surface area (Å²) in [4.78, 5) is 12.3. The molecule has 1 aliphatic rings. The number of para-hydroxylation sites is 2. The summed E-state index contributed by atoms with van der Waals surface area (Å²) in [7, 11) is 0. The maximum absolute atomic E-state index is 12.3. The molecule has 3 nitrogen and oxygen atoms in total. The van der Waals surface area contributed by atoms with E-state index in [2.05, 4.69) is 34.9 Å². The fourth-order valence-electron chi connectivity index (χ4n) is 3.03. The maximum atomic E-state index is 12.3. The highest BCUT2D eigenvalue weighted by Crippen LogP contribution is 2.28. The number of rotatable bonds is 2. The van der Waals surface area contributed by atoms with Crippen LogP contribution >= 0.6 is 0 Å². The monoisotopic (exact) mass is 288 g/mol. The van der Waals surface area contributed by atoms with Gasteiger partial charge >= 0.3 is 0 Å². The van der Waals surface area contributed by atoms with Gasteiger partial charge < -0.3 is 10.6 Å². The van der Waals surface area contributed by atoms with Crippen LogP contribution in [0.15, 0.2) is 66.7 Å². The number of benzene rings is 3. The van der Waals surface area contributed by atoms with Gasteiger partial charge in [-0.3, -0.25) is 4.79 Å². The molecule has 3 aromatic carbocycles. The summed E-state index contributed by atoms with van der Waals surface area (Å²) < 4.78 is 0. The smallest absolute Gasteiger partial charge is 0.247 e. The Labute approximate surface area is 129 Å². The van der Waals surface area contributed by atoms with Crippen LogP contribution in [0, 0.1) is 0 Å². The average Bonchev–Trinajstić information content (AvgIpc) is 2.56. The second-order valence-electron chi connectivity index (χ2n) is 5.57. The normalized spacial score (nSPS) is 16.7. The highest BCUT2D eigenvalue weighted by atomic mass is 16.2. The van der Waals surface area contributed by atoms with Crippen molar-refractivity contribution in [2.75, 3.05) is 10.6 Å². The van der Waals surface area contributed by atoms with Crippen molar-refractivity contribution in [1.82, 2.24) is 0 Å². The summed E-state index contributed by atoms with van der Waals surface area (Å²) in [5, 5.41) is 8.74. The van der Waals surface area contributed by atoms with E-state index < -0.39 is 0 Å². The van der Waals surface area contributed by atoms with Crippen LogP contribution in [-0.2, 0) is 11.2 Å². The molecule has 1 amide bonds. The zero-order valence-electron chi connectivity index (χ0n) is 12.0. The van der Waals surface area contributed by atoms with Gasteiger partial charge in [-0.1, -0.05) is 54.6 Å². The Bertz CT molecular complexity index is 851. The van der Waals surface area contributed by atoms with E-state index in [-0.39, 0.29) is 11.9 Å². The summed E-state index contributed by atoms with van der Waals surface area (Å²) in [5.41, 5.74) is 3.01. The third-order valence-electron chi connectivity index (χ3n) is 4.14. The number of nitrogens with one attached hydrogen (secondary N) is 2. The van der Waals surface area contributed by atoms with Gasteiger partial charge in [0.25, 0.3) is 0 Å². The largest absolute Gasteiger partial charge is 0.372 e. The van der Waals surface area contributed by atoms with Crippen LogP contribution in [-0.4, -0.2) is 11.9 Å². The topological polar surface area (TPSA) is 41.1 Å². The van der Waals surface area contributed by atoms with Crippen LogP contribution in [0.25, 0.3) is 10.8 Å². The van der Waals surface area contributed by atoms with E-state index in [1.54, 1.807) is 0 Å². The molecule has 2 N–H and O–H groups in total. The molecule has 0 saturated carbocycles. The first-order chi connectivity index (χ1) is 10.8. The standard InChI is InChI=1S/C19H16N2O/c22-19-18(20-16-10-3-4-11-17(16)21-19)12-14-8-5-7-13-6-1-2-9-15(13)14/h1-11,18,20H,12H2,(H,21,22)/t18-/m0/s1. The minimum atomic E-state index is -0.249. The molecule has 0 fully saturated rings. The number of carbonyl (C=O) groups excluding carboxylic acids is 1. The predicted molar refractivity (Wildman–Crippen MR) is 90.1 cm³/mol. The fourth-order valence-corrected chi connectivity index (χ4v) is 3.03. The molecule has 1 heterocycles. The lowest BCUT2D eigenvalue weighted by atomic mass is 9.97. The van der Waals surface area contributed by atoms with Gasteiger partial charge in [-0.25, -0.2) is 0 Å². The average molecular weight is 288 g/mol. The number of amides is 1. The lowest BCUT2D eigenvalue weighted by Crippen LogP contribution is -2.40. The molecule has 0 aliphatic carbocycles. The zero-order valence-corrected chi connectivity index (χ0v) is 12.0. The third kappa shape index (κ3) is 2.21. The summed E-state index contributed by atoms with van der Waals surface area (Å²) in [6.07, 6.45) is 0.668. The molecule has 0 saturated heterocycles. The van der Waals surface area contributed by atoms with E-state index in [0.717, 1.165) is 11.4 Å². The first kappa shape index (κ1) is 12.9. The van der Waals surface area contributed by atoms with Crippen molar-refractivity contribution in [2.45, 2.75) is 12.5 Å². The molecule has 1 atom stereocenters. The third-order valence-corrected chi connectivity index (χ3v) is 4.14. The molecule has 22 heavy (non-hydrogen) atoms. The van der Waals surface area contributed by atoms with Crippen molar-refractivity contribution in [3.05, 3.63) is 72.3 Å². The number of carbonyl (C=O) groups is 1. The Kier molecular flexibility index (Phi) is 3.04. The van der Waals surface area contributed by atoms with Gasteiger partial charge in [0.15, 0.2) is 0 Å². The van der Waals surface area contributed by atoms with Gasteiger partial charge in [0.2, 0.25) is 5.91 Å². The number of anilines is 2. The van der Waals surface area contributed by atoms with E-state index >= 15 is 0 Å². The molecule has 108 valence electrons. The van der Waals surface area contributed by atoms with Gasteiger partial charge in [-0.2, -0.15) is 0 Å². The summed E-state index contributed by atoms with van der Waals surface area (Å²) >= 11 is 0. The van der Waals surface area contributed by atoms with E-state index in [4.69, 9.17) is 0 Å². The summed E-state index contributed by atoms with van der Waals surface area (Å²) in [6.45, 7) is 0. The van der Waals surface area contributed by atoms with E-state index in [1.807, 2.05) is 42.5 Å². The van der Waals surface area contributed by atoms with Gasteiger partial charge in [-0.15, -0.1) is 0 Å². The van der Waals surface area contributed by atoms with Crippen LogP contribution in [0.1, 0.15) is 5.56 Å². The summed E-state index contributed by atoms with van der Waals surface area (Å²) in [5.74, 6) is 0.0200. The number of hydrogen-bond acceptors (Lipinski definition) is 2. The molecule has 0 spiro atoms. The second-order valence-corrected chi connectivity index (χ2v) is 5.57. The lowest BCUT2D eigenvalue weighted by Gasteiger charge is -2.27. The lowest BCUT2D eigenvalue weighted by molar-refractivity contribution is -0.117. The first-order valence-corrected chi connectivity index (χ1v) is 7.44. The quantitative estimate of drug-likeness (QED) is 0.752. The Morgan fingerprint density at radius 1 is 0.818 bits per heavy atom. The second kappa shape index (κ2) is 5.19. The van der Waals surface area contributed by atoms with Crippen molar-refractivity contribution in [3.63, 3.8) is 0 Å². The van der Waals surface area contributed by atoms with E-state index in [9.17, 15) is 4.79 Å². The molecule has 3 heteroatoms. The fraction of sp³-hybridized carbons (Fsp3) is 0.105. The van der Waals surface area contributed by atoms with Crippen LogP contribution in [0.4, 0.5) is 11.4 Å². The van der Waals surface area contributed by atoms with Gasteiger partial charge in [-0.05, 0) is 28.5 Å². The highest BCUT2D eigenvalue weighted by Gasteiger charge is 2.25. The molecule has 0 aromatic heterocycles.